The first-order valence-corrected chi connectivity index (χ1v) is 10.9. The minimum Gasteiger partial charge on any atom is -0.336 e. The van der Waals surface area contributed by atoms with Gasteiger partial charge in [-0.15, -0.1) is 24.8 Å². The van der Waals surface area contributed by atoms with Crippen molar-refractivity contribution < 1.29 is 12.8 Å². The van der Waals surface area contributed by atoms with Gasteiger partial charge in [0.25, 0.3) is 0 Å². The number of fused-ring (bicyclic) bond motifs is 1. The fraction of sp³-hybridized carbons (Fsp3) is 0.286. The summed E-state index contributed by atoms with van der Waals surface area (Å²) in [5.74, 6) is -0.298. The lowest BCUT2D eigenvalue weighted by Crippen LogP contribution is -2.04. The van der Waals surface area contributed by atoms with Gasteiger partial charge in [-0.05, 0) is 49.8 Å². The number of aromatic nitrogens is 2. The van der Waals surface area contributed by atoms with Crippen LogP contribution in [0.4, 0.5) is 4.39 Å². The second-order valence-corrected chi connectivity index (χ2v) is 8.97. The van der Waals surface area contributed by atoms with E-state index in [4.69, 9.17) is 5.73 Å². The molecule has 0 aliphatic rings. The number of pyridine rings is 1. The lowest BCUT2D eigenvalue weighted by Gasteiger charge is -2.08. The van der Waals surface area contributed by atoms with Gasteiger partial charge in [-0.1, -0.05) is 12.1 Å². The summed E-state index contributed by atoms with van der Waals surface area (Å²) in [4.78, 5) is 4.96. The van der Waals surface area contributed by atoms with Gasteiger partial charge in [0.05, 0.1) is 22.5 Å². The van der Waals surface area contributed by atoms with E-state index in [0.717, 1.165) is 33.5 Å². The molecule has 2 aromatic heterocycles. The molecular weight excluding hydrogens is 448 g/mol. The van der Waals surface area contributed by atoms with Crippen molar-refractivity contribution >= 4 is 45.7 Å². The van der Waals surface area contributed by atoms with Crippen LogP contribution in [-0.2, 0) is 22.8 Å². The molecule has 164 valence electrons. The molecular formula is C21H26Cl2FN3O2S. The van der Waals surface area contributed by atoms with E-state index in [1.807, 2.05) is 36.6 Å². The highest BCUT2D eigenvalue weighted by atomic mass is 35.5. The summed E-state index contributed by atoms with van der Waals surface area (Å²) in [6.07, 6.45) is 3.07. The van der Waals surface area contributed by atoms with Crippen LogP contribution in [0, 0.1) is 13.8 Å². The molecule has 5 nitrogen and oxygen atoms in total. The zero-order chi connectivity index (χ0) is 20.5. The molecule has 0 radical (unpaired) electrons. The van der Waals surface area contributed by atoms with Crippen LogP contribution in [0.3, 0.4) is 0 Å². The Labute approximate surface area is 188 Å². The van der Waals surface area contributed by atoms with Gasteiger partial charge in [0.2, 0.25) is 0 Å². The van der Waals surface area contributed by atoms with Gasteiger partial charge in [-0.3, -0.25) is 4.98 Å². The first-order valence-electron chi connectivity index (χ1n) is 8.99. The molecule has 0 amide bonds. The Hall–Kier alpha value is -1.93. The van der Waals surface area contributed by atoms with E-state index in [0.29, 0.717) is 6.42 Å². The second-order valence-electron chi connectivity index (χ2n) is 6.95. The molecule has 0 atom stereocenters. The van der Waals surface area contributed by atoms with E-state index >= 15 is 0 Å². The van der Waals surface area contributed by atoms with Gasteiger partial charge >= 0.3 is 0 Å². The maximum Gasteiger partial charge on any atom is 0.175 e. The topological polar surface area (TPSA) is 78.0 Å². The normalized spacial score (nSPS) is 11.8. The van der Waals surface area contributed by atoms with Crippen LogP contribution >= 0.6 is 24.8 Å². The number of nitrogens with zero attached hydrogens (tertiary/aromatic N) is 2. The van der Waals surface area contributed by atoms with Crippen LogP contribution in [0.2, 0.25) is 0 Å². The van der Waals surface area contributed by atoms with Crippen LogP contribution in [0.25, 0.3) is 11.0 Å². The highest BCUT2D eigenvalue weighted by Crippen LogP contribution is 2.28. The van der Waals surface area contributed by atoms with Crippen molar-refractivity contribution in [2.45, 2.75) is 31.7 Å². The van der Waals surface area contributed by atoms with Crippen LogP contribution in [0.1, 0.15) is 22.5 Å². The molecule has 0 fully saturated rings. The van der Waals surface area contributed by atoms with E-state index in [1.165, 1.54) is 12.3 Å². The number of hydrogen-bond acceptors (Lipinski definition) is 4. The van der Waals surface area contributed by atoms with Crippen LogP contribution in [0.5, 0.6) is 0 Å². The van der Waals surface area contributed by atoms with Gasteiger partial charge < -0.3 is 10.3 Å². The zero-order valence-corrected chi connectivity index (χ0v) is 19.5. The third-order valence-electron chi connectivity index (χ3n) is 4.79. The summed E-state index contributed by atoms with van der Waals surface area (Å²) in [5.41, 5.74) is 10.7. The largest absolute Gasteiger partial charge is 0.336 e. The third kappa shape index (κ3) is 5.60. The number of sulfone groups is 1. The van der Waals surface area contributed by atoms with Crippen molar-refractivity contribution in [2.24, 2.45) is 5.73 Å². The molecule has 0 bridgehead atoms. The highest BCUT2D eigenvalue weighted by molar-refractivity contribution is 7.90. The van der Waals surface area contributed by atoms with E-state index in [2.05, 4.69) is 4.98 Å². The van der Waals surface area contributed by atoms with Gasteiger partial charge in [0.15, 0.2) is 9.84 Å². The number of allylic oxidation sites excluding steroid dienone is 1. The lowest BCUT2D eigenvalue weighted by molar-refractivity contribution is 0.554. The highest BCUT2D eigenvalue weighted by Gasteiger charge is 2.17. The molecule has 0 saturated carbocycles. The average molecular weight is 474 g/mol. The molecule has 0 saturated heterocycles. The first kappa shape index (κ1) is 26.1. The molecule has 9 heteroatoms. The predicted molar refractivity (Wildman–Crippen MR) is 124 cm³/mol. The summed E-state index contributed by atoms with van der Waals surface area (Å²) >= 11 is 0. The Morgan fingerprint density at radius 2 is 1.90 bits per heavy atom. The van der Waals surface area contributed by atoms with Crippen LogP contribution in [0.15, 0.2) is 53.2 Å². The average Bonchev–Trinajstić information content (AvgIpc) is 2.87. The van der Waals surface area contributed by atoms with Gasteiger partial charge in [-0.2, -0.15) is 0 Å². The smallest absolute Gasteiger partial charge is 0.175 e. The first-order chi connectivity index (χ1) is 13.2. The van der Waals surface area contributed by atoms with E-state index in [-0.39, 0.29) is 48.6 Å². The fourth-order valence-corrected chi connectivity index (χ4v) is 4.04. The second kappa shape index (κ2) is 10.4. The van der Waals surface area contributed by atoms with Gasteiger partial charge in [-0.25, -0.2) is 12.8 Å². The number of halogens is 3. The molecule has 3 aromatic rings. The minimum absolute atomic E-state index is 0. The maximum atomic E-state index is 14.2. The molecule has 0 aliphatic carbocycles. The fourth-order valence-electron chi connectivity index (χ4n) is 3.35. The number of benzene rings is 1. The van der Waals surface area contributed by atoms with E-state index in [1.54, 1.807) is 18.2 Å². The number of hydrogen-bond donors (Lipinski definition) is 1. The molecule has 2 heterocycles. The molecule has 3 rings (SSSR count). The van der Waals surface area contributed by atoms with Gasteiger partial charge in [0.1, 0.15) is 5.83 Å². The van der Waals surface area contributed by atoms with Crippen molar-refractivity contribution in [1.82, 2.24) is 9.55 Å². The Morgan fingerprint density at radius 3 is 2.53 bits per heavy atom. The third-order valence-corrected chi connectivity index (χ3v) is 5.90. The summed E-state index contributed by atoms with van der Waals surface area (Å²) < 4.78 is 39.8. The molecule has 0 spiro atoms. The van der Waals surface area contributed by atoms with Crippen molar-refractivity contribution in [2.75, 3.05) is 12.8 Å². The molecule has 1 aromatic carbocycles. The molecule has 30 heavy (non-hydrogen) atoms. The van der Waals surface area contributed by atoms with Crippen molar-refractivity contribution in [3.8, 4) is 0 Å². The summed E-state index contributed by atoms with van der Waals surface area (Å²) in [6, 6.07) is 10.7. The quantitative estimate of drug-likeness (QED) is 0.578. The van der Waals surface area contributed by atoms with Crippen LogP contribution in [-0.4, -0.2) is 30.8 Å². The molecule has 2 N–H and O–H groups in total. The number of nitrogens with two attached hydrogens (primary N) is 1. The number of rotatable bonds is 6. The summed E-state index contributed by atoms with van der Waals surface area (Å²) in [7, 11) is -3.28. The predicted octanol–water partition coefficient (Wildman–Crippen LogP) is 4.30. The Balaban J connectivity index is 0.00000225. The Morgan fingerprint density at radius 1 is 1.20 bits per heavy atom. The van der Waals surface area contributed by atoms with Crippen molar-refractivity contribution in [3.05, 3.63) is 70.8 Å². The summed E-state index contributed by atoms with van der Waals surface area (Å²) in [6.45, 7) is 4.08. The molecule has 0 unspecified atom stereocenters. The summed E-state index contributed by atoms with van der Waals surface area (Å²) in [5, 5.41) is 0. The van der Waals surface area contributed by atoms with Gasteiger partial charge in [0, 0.05) is 36.2 Å². The molecule has 0 aliphatic heterocycles. The lowest BCUT2D eigenvalue weighted by atomic mass is 10.0. The maximum absolute atomic E-state index is 14.2. The van der Waals surface area contributed by atoms with E-state index < -0.39 is 9.84 Å². The SMILES string of the molecule is Cc1ccc2c(n1)c(Cc1cccc(S(C)(=O)=O)c1)c(C)n2C/C(F)=C/CN.Cl.Cl. The zero-order valence-electron chi connectivity index (χ0n) is 17.1. The Kier molecular flexibility index (Phi) is 9.05. The minimum atomic E-state index is -3.28. The van der Waals surface area contributed by atoms with Crippen LogP contribution < -0.4 is 5.73 Å². The Bertz CT molecular complexity index is 1170. The number of aryl methyl sites for hydroxylation is 1. The standard InChI is InChI=1S/C21H24FN3O2S.2ClH/c1-14-7-8-20-21(24-14)19(15(2)25(20)13-17(22)9-10-23)12-16-5-4-6-18(11-16)28(3,26)27;;/h4-9,11H,10,12-13,23H2,1-3H3;2*1H/b17-9-;;. The van der Waals surface area contributed by atoms with Crippen molar-refractivity contribution in [1.29, 1.82) is 0 Å². The monoisotopic (exact) mass is 473 g/mol. The van der Waals surface area contributed by atoms with Crippen molar-refractivity contribution in [3.63, 3.8) is 0 Å². The van der Waals surface area contributed by atoms with E-state index in [9.17, 15) is 12.8 Å².